The maximum atomic E-state index is 11.6. The number of rotatable bonds is 5. The summed E-state index contributed by atoms with van der Waals surface area (Å²) in [7, 11) is 1.64. The van der Waals surface area contributed by atoms with Gasteiger partial charge in [0, 0.05) is 5.69 Å². The summed E-state index contributed by atoms with van der Waals surface area (Å²) >= 11 is 0. The summed E-state index contributed by atoms with van der Waals surface area (Å²) in [6.07, 6.45) is 0. The lowest BCUT2D eigenvalue weighted by molar-refractivity contribution is 0.0998. The van der Waals surface area contributed by atoms with Crippen molar-refractivity contribution in [2.45, 2.75) is 33.2 Å². The molecule has 2 rings (SSSR count). The SMILES string of the molecule is COc1ccc(Cn2nc(C(C)C)c(C(N)=O)c2C)cc1. The van der Waals surface area contributed by atoms with E-state index in [0.29, 0.717) is 12.1 Å². The highest BCUT2D eigenvalue weighted by Gasteiger charge is 2.21. The molecule has 21 heavy (non-hydrogen) atoms. The molecule has 0 saturated heterocycles. The number of methoxy groups -OCH3 is 1. The molecule has 0 spiro atoms. The Morgan fingerprint density at radius 2 is 1.95 bits per heavy atom. The zero-order valence-corrected chi connectivity index (χ0v) is 12.9. The molecule has 5 nitrogen and oxygen atoms in total. The van der Waals surface area contributed by atoms with Gasteiger partial charge >= 0.3 is 0 Å². The fourth-order valence-corrected chi connectivity index (χ4v) is 2.34. The second kappa shape index (κ2) is 5.99. The normalized spacial score (nSPS) is 10.9. The van der Waals surface area contributed by atoms with Crippen molar-refractivity contribution in [1.82, 2.24) is 9.78 Å². The highest BCUT2D eigenvalue weighted by atomic mass is 16.5. The highest BCUT2D eigenvalue weighted by molar-refractivity contribution is 5.95. The molecule has 0 fully saturated rings. The average molecular weight is 287 g/mol. The lowest BCUT2D eigenvalue weighted by Crippen LogP contribution is -2.14. The van der Waals surface area contributed by atoms with Gasteiger partial charge in [0.2, 0.25) is 0 Å². The molecule has 0 saturated carbocycles. The minimum absolute atomic E-state index is 0.156. The molecule has 0 unspecified atom stereocenters. The van der Waals surface area contributed by atoms with Crippen LogP contribution in [0.25, 0.3) is 0 Å². The van der Waals surface area contributed by atoms with Crippen molar-refractivity contribution in [2.24, 2.45) is 5.73 Å². The third-order valence-electron chi connectivity index (χ3n) is 3.52. The number of hydrogen-bond donors (Lipinski definition) is 1. The van der Waals surface area contributed by atoms with Crippen molar-refractivity contribution < 1.29 is 9.53 Å². The van der Waals surface area contributed by atoms with Crippen molar-refractivity contribution in [3.63, 3.8) is 0 Å². The van der Waals surface area contributed by atoms with Crippen LogP contribution in [0.4, 0.5) is 0 Å². The molecule has 112 valence electrons. The zero-order chi connectivity index (χ0) is 15.6. The van der Waals surface area contributed by atoms with Crippen LogP contribution >= 0.6 is 0 Å². The summed E-state index contributed by atoms with van der Waals surface area (Å²) in [6, 6.07) is 7.79. The van der Waals surface area contributed by atoms with Crippen LogP contribution in [0.5, 0.6) is 5.75 Å². The Morgan fingerprint density at radius 1 is 1.33 bits per heavy atom. The Labute approximate surface area is 124 Å². The molecule has 1 heterocycles. The van der Waals surface area contributed by atoms with E-state index in [9.17, 15) is 4.79 Å². The molecule has 0 aliphatic rings. The molecule has 1 amide bonds. The van der Waals surface area contributed by atoms with Gasteiger partial charge in [-0.2, -0.15) is 5.10 Å². The van der Waals surface area contributed by atoms with Gasteiger partial charge in [-0.25, -0.2) is 0 Å². The fourth-order valence-electron chi connectivity index (χ4n) is 2.34. The fraction of sp³-hybridized carbons (Fsp3) is 0.375. The Hall–Kier alpha value is -2.30. The van der Waals surface area contributed by atoms with Gasteiger partial charge in [-0.05, 0) is 30.5 Å². The zero-order valence-electron chi connectivity index (χ0n) is 12.9. The van der Waals surface area contributed by atoms with Crippen LogP contribution in [0.15, 0.2) is 24.3 Å². The minimum Gasteiger partial charge on any atom is -0.497 e. The first kappa shape index (κ1) is 15.1. The number of ether oxygens (including phenoxy) is 1. The largest absolute Gasteiger partial charge is 0.497 e. The molecule has 0 aliphatic heterocycles. The Kier molecular flexibility index (Phi) is 4.31. The van der Waals surface area contributed by atoms with Crippen molar-refractivity contribution in [3.05, 3.63) is 46.8 Å². The number of hydrogen-bond acceptors (Lipinski definition) is 3. The molecule has 0 atom stereocenters. The van der Waals surface area contributed by atoms with E-state index in [2.05, 4.69) is 5.10 Å². The lowest BCUT2D eigenvalue weighted by Gasteiger charge is -2.06. The Morgan fingerprint density at radius 3 is 2.38 bits per heavy atom. The van der Waals surface area contributed by atoms with Crippen molar-refractivity contribution in [1.29, 1.82) is 0 Å². The van der Waals surface area contributed by atoms with Crippen LogP contribution in [0.1, 0.15) is 47.1 Å². The molecular formula is C16H21N3O2. The van der Waals surface area contributed by atoms with Crippen molar-refractivity contribution >= 4 is 5.91 Å². The summed E-state index contributed by atoms with van der Waals surface area (Å²) in [6.45, 7) is 6.49. The predicted octanol–water partition coefficient (Wildman–Crippen LogP) is 2.47. The molecule has 0 aliphatic carbocycles. The topological polar surface area (TPSA) is 70.1 Å². The maximum Gasteiger partial charge on any atom is 0.252 e. The monoisotopic (exact) mass is 287 g/mol. The minimum atomic E-state index is -0.419. The standard InChI is InChI=1S/C16H21N3O2/c1-10(2)15-14(16(17)20)11(3)19(18-15)9-12-5-7-13(21-4)8-6-12/h5-8,10H,9H2,1-4H3,(H2,17,20). The summed E-state index contributed by atoms with van der Waals surface area (Å²) < 4.78 is 6.98. The van der Waals surface area contributed by atoms with E-state index < -0.39 is 5.91 Å². The molecular weight excluding hydrogens is 266 g/mol. The van der Waals surface area contributed by atoms with E-state index >= 15 is 0 Å². The third kappa shape index (κ3) is 3.07. The summed E-state index contributed by atoms with van der Waals surface area (Å²) in [5.41, 5.74) is 8.69. The number of benzene rings is 1. The van der Waals surface area contributed by atoms with Crippen molar-refractivity contribution in [2.75, 3.05) is 7.11 Å². The van der Waals surface area contributed by atoms with E-state index in [1.165, 1.54) is 0 Å². The van der Waals surface area contributed by atoms with Crippen LogP contribution in [0, 0.1) is 6.92 Å². The first-order chi connectivity index (χ1) is 9.93. The van der Waals surface area contributed by atoms with E-state index in [-0.39, 0.29) is 5.92 Å². The molecule has 1 aromatic carbocycles. The van der Waals surface area contributed by atoms with Gasteiger partial charge < -0.3 is 10.5 Å². The number of aromatic nitrogens is 2. The van der Waals surface area contributed by atoms with Gasteiger partial charge in [-0.3, -0.25) is 9.48 Å². The number of amides is 1. The van der Waals surface area contributed by atoms with Crippen molar-refractivity contribution in [3.8, 4) is 5.75 Å². The van der Waals surface area contributed by atoms with Gasteiger partial charge in [-0.1, -0.05) is 26.0 Å². The molecule has 0 radical (unpaired) electrons. The van der Waals surface area contributed by atoms with Crippen LogP contribution < -0.4 is 10.5 Å². The smallest absolute Gasteiger partial charge is 0.252 e. The molecule has 2 aromatic rings. The first-order valence-corrected chi connectivity index (χ1v) is 6.94. The quantitative estimate of drug-likeness (QED) is 0.918. The molecule has 0 bridgehead atoms. The number of nitrogens with zero attached hydrogens (tertiary/aromatic N) is 2. The van der Waals surface area contributed by atoms with Crippen LogP contribution in [0.3, 0.4) is 0 Å². The van der Waals surface area contributed by atoms with E-state index in [1.54, 1.807) is 7.11 Å². The Balaban J connectivity index is 2.35. The van der Waals surface area contributed by atoms with Crippen LogP contribution in [-0.4, -0.2) is 22.8 Å². The number of carbonyl (C=O) groups excluding carboxylic acids is 1. The van der Waals surface area contributed by atoms with Gasteiger partial charge in [0.25, 0.3) is 5.91 Å². The third-order valence-corrected chi connectivity index (χ3v) is 3.52. The predicted molar refractivity (Wildman–Crippen MR) is 81.7 cm³/mol. The van der Waals surface area contributed by atoms with Gasteiger partial charge in [0.05, 0.1) is 24.9 Å². The second-order valence-corrected chi connectivity index (χ2v) is 5.37. The first-order valence-electron chi connectivity index (χ1n) is 6.94. The van der Waals surface area contributed by atoms with Gasteiger partial charge in [0.15, 0.2) is 0 Å². The van der Waals surface area contributed by atoms with Gasteiger partial charge in [0.1, 0.15) is 5.75 Å². The summed E-state index contributed by atoms with van der Waals surface area (Å²) in [5, 5.41) is 4.55. The summed E-state index contributed by atoms with van der Waals surface area (Å²) in [4.78, 5) is 11.6. The van der Waals surface area contributed by atoms with Gasteiger partial charge in [-0.15, -0.1) is 0 Å². The van der Waals surface area contributed by atoms with E-state index in [4.69, 9.17) is 10.5 Å². The average Bonchev–Trinajstić information content (AvgIpc) is 2.77. The number of carbonyl (C=O) groups is 1. The molecule has 5 heteroatoms. The molecule has 2 N–H and O–H groups in total. The number of primary amides is 1. The second-order valence-electron chi connectivity index (χ2n) is 5.37. The number of nitrogens with two attached hydrogens (primary N) is 1. The van der Waals surface area contributed by atoms with Crippen LogP contribution in [-0.2, 0) is 6.54 Å². The van der Waals surface area contributed by atoms with Crippen LogP contribution in [0.2, 0.25) is 0 Å². The maximum absolute atomic E-state index is 11.6. The molecule has 1 aromatic heterocycles. The van der Waals surface area contributed by atoms with E-state index in [1.807, 2.05) is 49.7 Å². The Bertz CT molecular complexity index is 642. The highest BCUT2D eigenvalue weighted by Crippen LogP contribution is 2.22. The summed E-state index contributed by atoms with van der Waals surface area (Å²) in [5.74, 6) is 0.553. The lowest BCUT2D eigenvalue weighted by atomic mass is 10.0. The van der Waals surface area contributed by atoms with E-state index in [0.717, 1.165) is 22.7 Å².